The average molecular weight is 304 g/mol. The summed E-state index contributed by atoms with van der Waals surface area (Å²) in [4.78, 5) is 0. The van der Waals surface area contributed by atoms with Gasteiger partial charge in [-0.1, -0.05) is 20.8 Å². The van der Waals surface area contributed by atoms with E-state index in [1.165, 1.54) is 0 Å². The summed E-state index contributed by atoms with van der Waals surface area (Å²) in [5, 5.41) is 20.4. The molecule has 21 heavy (non-hydrogen) atoms. The van der Waals surface area contributed by atoms with Crippen LogP contribution < -0.4 is 0 Å². The van der Waals surface area contributed by atoms with Gasteiger partial charge in [0, 0.05) is 0 Å². The molecule has 0 aromatic heterocycles. The monoisotopic (exact) mass is 304 g/mol. The van der Waals surface area contributed by atoms with Crippen LogP contribution in [0.5, 0.6) is 0 Å². The van der Waals surface area contributed by atoms with Crippen molar-refractivity contribution in [1.29, 1.82) is 0 Å². The summed E-state index contributed by atoms with van der Waals surface area (Å²) in [5.41, 5.74) is -0.365. The molecule has 124 valence electrons. The zero-order valence-electron chi connectivity index (χ0n) is 13.8. The van der Waals surface area contributed by atoms with Gasteiger partial charge in [0.05, 0.1) is 12.2 Å². The molecule has 2 heterocycles. The van der Waals surface area contributed by atoms with Gasteiger partial charge in [0.2, 0.25) is 12.1 Å². The van der Waals surface area contributed by atoms with Crippen molar-refractivity contribution in [2.45, 2.75) is 84.1 Å². The van der Waals surface area contributed by atoms with Crippen LogP contribution in [-0.2, 0) is 18.9 Å². The number of aliphatic hydroxyl groups is 2. The first-order valence-corrected chi connectivity index (χ1v) is 7.44. The number of hydrogen-bond acceptors (Lipinski definition) is 6. The van der Waals surface area contributed by atoms with Gasteiger partial charge in [0.1, 0.15) is 12.2 Å². The number of aliphatic hydroxyl groups excluding tert-OH is 1. The highest BCUT2D eigenvalue weighted by atomic mass is 16.9. The lowest BCUT2D eigenvalue weighted by Crippen LogP contribution is -2.59. The van der Waals surface area contributed by atoms with Crippen LogP contribution >= 0.6 is 0 Å². The number of fused-ring (bicyclic) bond motifs is 2. The fourth-order valence-electron chi connectivity index (χ4n) is 2.50. The van der Waals surface area contributed by atoms with E-state index in [0.29, 0.717) is 6.42 Å². The molecular weight excluding hydrogens is 276 g/mol. The summed E-state index contributed by atoms with van der Waals surface area (Å²) in [7, 11) is 0. The Labute approximate surface area is 126 Å². The Bertz CT molecular complexity index is 371. The largest absolute Gasteiger partial charge is 0.373 e. The van der Waals surface area contributed by atoms with Crippen molar-refractivity contribution in [1.82, 2.24) is 0 Å². The Morgan fingerprint density at radius 3 is 2.24 bits per heavy atom. The molecule has 0 spiro atoms. The quantitative estimate of drug-likeness (QED) is 0.820. The van der Waals surface area contributed by atoms with Crippen LogP contribution in [0, 0.1) is 5.41 Å². The van der Waals surface area contributed by atoms with E-state index in [1.807, 2.05) is 20.8 Å². The second-order valence-electron chi connectivity index (χ2n) is 8.08. The summed E-state index contributed by atoms with van der Waals surface area (Å²) in [5.74, 6) is -1.87. The first kappa shape index (κ1) is 17.1. The van der Waals surface area contributed by atoms with Gasteiger partial charge < -0.3 is 29.2 Å². The fourth-order valence-corrected chi connectivity index (χ4v) is 2.50. The van der Waals surface area contributed by atoms with Crippen LogP contribution in [0.3, 0.4) is 0 Å². The molecule has 0 radical (unpaired) electrons. The minimum Gasteiger partial charge on any atom is -0.373 e. The van der Waals surface area contributed by atoms with Crippen molar-refractivity contribution >= 4 is 0 Å². The van der Waals surface area contributed by atoms with Crippen molar-refractivity contribution in [3.05, 3.63) is 0 Å². The van der Waals surface area contributed by atoms with Crippen molar-refractivity contribution in [2.24, 2.45) is 5.41 Å². The fraction of sp³-hybridized carbons (Fsp3) is 1.00. The van der Waals surface area contributed by atoms with Crippen molar-refractivity contribution in [2.75, 3.05) is 6.61 Å². The van der Waals surface area contributed by atoms with Crippen LogP contribution in [0.4, 0.5) is 0 Å². The Morgan fingerprint density at radius 2 is 1.71 bits per heavy atom. The molecule has 2 bridgehead atoms. The molecule has 0 aromatic rings. The molecule has 6 heteroatoms. The standard InChI is InChI=1S/C15H28O6/c1-13(2,3)7-9-11-20-12(16)15(17,21-11)10(19-9)8-18-14(4,5)6/h9-12,16-17H,7-8H2,1-6H3. The van der Waals surface area contributed by atoms with E-state index in [1.54, 1.807) is 0 Å². The lowest BCUT2D eigenvalue weighted by Gasteiger charge is -2.41. The van der Waals surface area contributed by atoms with E-state index in [4.69, 9.17) is 18.9 Å². The molecule has 2 N–H and O–H groups in total. The molecule has 2 saturated heterocycles. The summed E-state index contributed by atoms with van der Waals surface area (Å²) in [6, 6.07) is 0. The Kier molecular flexibility index (Phi) is 4.43. The lowest BCUT2D eigenvalue weighted by molar-refractivity contribution is -0.349. The highest BCUT2D eigenvalue weighted by Gasteiger charge is 2.61. The maximum Gasteiger partial charge on any atom is 0.249 e. The van der Waals surface area contributed by atoms with Gasteiger partial charge in [-0.15, -0.1) is 0 Å². The zero-order valence-corrected chi connectivity index (χ0v) is 13.8. The normalized spacial score (nSPS) is 40.6. The predicted molar refractivity (Wildman–Crippen MR) is 75.4 cm³/mol. The maximum atomic E-state index is 10.5. The van der Waals surface area contributed by atoms with E-state index < -0.39 is 24.5 Å². The summed E-state index contributed by atoms with van der Waals surface area (Å²) >= 11 is 0. The molecule has 2 rings (SSSR count). The molecule has 5 unspecified atom stereocenters. The van der Waals surface area contributed by atoms with Gasteiger partial charge >= 0.3 is 0 Å². The van der Waals surface area contributed by atoms with Crippen LogP contribution in [0.1, 0.15) is 48.0 Å². The minimum absolute atomic E-state index is 0.00974. The smallest absolute Gasteiger partial charge is 0.249 e. The average Bonchev–Trinajstić information content (AvgIpc) is 2.53. The second kappa shape index (κ2) is 5.44. The van der Waals surface area contributed by atoms with E-state index in [0.717, 1.165) is 0 Å². The molecular formula is C15H28O6. The van der Waals surface area contributed by atoms with Crippen molar-refractivity contribution < 1.29 is 29.2 Å². The van der Waals surface area contributed by atoms with E-state index >= 15 is 0 Å². The van der Waals surface area contributed by atoms with Crippen molar-refractivity contribution in [3.63, 3.8) is 0 Å². The third-order valence-electron chi connectivity index (χ3n) is 3.51. The highest BCUT2D eigenvalue weighted by molar-refractivity contribution is 4.94. The second-order valence-corrected chi connectivity index (χ2v) is 8.08. The van der Waals surface area contributed by atoms with Gasteiger partial charge in [-0.2, -0.15) is 0 Å². The molecule has 2 aliphatic heterocycles. The number of hydrogen-bond donors (Lipinski definition) is 2. The SMILES string of the molecule is CC(C)(C)CC1OC(COC(C)(C)C)C2(O)OC1OC2O. The third kappa shape index (κ3) is 3.94. The van der Waals surface area contributed by atoms with Crippen LogP contribution in [-0.4, -0.2) is 53.0 Å². The predicted octanol–water partition coefficient (Wildman–Crippen LogP) is 1.38. The lowest BCUT2D eigenvalue weighted by atomic mass is 9.88. The van der Waals surface area contributed by atoms with Gasteiger partial charge in [0.15, 0.2) is 6.29 Å². The molecule has 2 aliphatic rings. The van der Waals surface area contributed by atoms with Crippen LogP contribution in [0.2, 0.25) is 0 Å². The summed E-state index contributed by atoms with van der Waals surface area (Å²) in [6.45, 7) is 12.1. The van der Waals surface area contributed by atoms with Gasteiger partial charge in [-0.3, -0.25) is 0 Å². The summed E-state index contributed by atoms with van der Waals surface area (Å²) < 4.78 is 22.4. The molecule has 2 fully saturated rings. The van der Waals surface area contributed by atoms with Crippen LogP contribution in [0.15, 0.2) is 0 Å². The Morgan fingerprint density at radius 1 is 1.10 bits per heavy atom. The zero-order chi connectivity index (χ0) is 16.1. The molecule has 0 aromatic carbocycles. The number of rotatable bonds is 3. The first-order chi connectivity index (χ1) is 9.41. The van der Waals surface area contributed by atoms with Crippen LogP contribution in [0.25, 0.3) is 0 Å². The molecule has 6 nitrogen and oxygen atoms in total. The van der Waals surface area contributed by atoms with E-state index in [9.17, 15) is 10.2 Å². The van der Waals surface area contributed by atoms with Gasteiger partial charge in [0.25, 0.3) is 0 Å². The molecule has 0 aliphatic carbocycles. The minimum atomic E-state index is -1.87. The molecule has 0 amide bonds. The molecule has 5 atom stereocenters. The first-order valence-electron chi connectivity index (χ1n) is 7.44. The topological polar surface area (TPSA) is 77.4 Å². The van der Waals surface area contributed by atoms with E-state index in [2.05, 4.69) is 20.8 Å². The Balaban J connectivity index is 2.10. The van der Waals surface area contributed by atoms with Crippen molar-refractivity contribution in [3.8, 4) is 0 Å². The Hall–Kier alpha value is -0.240. The molecule has 0 saturated carbocycles. The maximum absolute atomic E-state index is 10.5. The van der Waals surface area contributed by atoms with Gasteiger partial charge in [-0.25, -0.2) is 0 Å². The van der Waals surface area contributed by atoms with E-state index in [-0.39, 0.29) is 23.7 Å². The van der Waals surface area contributed by atoms with Gasteiger partial charge in [-0.05, 0) is 32.6 Å². The summed E-state index contributed by atoms with van der Waals surface area (Å²) in [6.07, 6.45) is -2.64. The third-order valence-corrected chi connectivity index (χ3v) is 3.51. The number of ether oxygens (including phenoxy) is 4. The highest BCUT2D eigenvalue weighted by Crippen LogP contribution is 2.42.